The van der Waals surface area contributed by atoms with Crippen LogP contribution in [-0.4, -0.2) is 18.0 Å². The molecule has 4 heteroatoms. The number of nitrogens with zero attached hydrogens (tertiary/aromatic N) is 1. The second-order valence-electron chi connectivity index (χ2n) is 4.74. The lowest BCUT2D eigenvalue weighted by Crippen LogP contribution is -2.30. The fraction of sp³-hybridized carbons (Fsp3) is 0.188. The van der Waals surface area contributed by atoms with Crippen molar-refractivity contribution in [2.45, 2.75) is 13.5 Å². The number of halogens is 1. The lowest BCUT2D eigenvalue weighted by Gasteiger charge is -2.19. The molecule has 0 aromatic heterocycles. The summed E-state index contributed by atoms with van der Waals surface area (Å²) >= 11 is 3.49. The van der Waals surface area contributed by atoms with Crippen molar-refractivity contribution in [1.29, 1.82) is 0 Å². The lowest BCUT2D eigenvalue weighted by molar-refractivity contribution is 0.220. The minimum atomic E-state index is -0.121. The molecule has 104 valence electrons. The van der Waals surface area contributed by atoms with Crippen molar-refractivity contribution >= 4 is 27.6 Å². The van der Waals surface area contributed by atoms with Gasteiger partial charge in [0.05, 0.1) is 0 Å². The molecule has 0 atom stereocenters. The van der Waals surface area contributed by atoms with Crippen LogP contribution in [0.3, 0.4) is 0 Å². The molecule has 0 heterocycles. The van der Waals surface area contributed by atoms with Gasteiger partial charge in [-0.2, -0.15) is 0 Å². The van der Waals surface area contributed by atoms with Gasteiger partial charge in [0.2, 0.25) is 0 Å². The van der Waals surface area contributed by atoms with E-state index in [1.54, 1.807) is 11.9 Å². The third-order valence-electron chi connectivity index (χ3n) is 3.01. The van der Waals surface area contributed by atoms with E-state index in [2.05, 4.69) is 21.2 Å². The van der Waals surface area contributed by atoms with Crippen LogP contribution in [0, 0.1) is 6.92 Å². The minimum absolute atomic E-state index is 0.121. The van der Waals surface area contributed by atoms with Crippen molar-refractivity contribution in [2.75, 3.05) is 12.4 Å². The molecule has 2 aromatic rings. The Morgan fingerprint density at radius 2 is 1.80 bits per heavy atom. The molecule has 3 nitrogen and oxygen atoms in total. The maximum atomic E-state index is 12.1. The van der Waals surface area contributed by atoms with Crippen LogP contribution >= 0.6 is 15.9 Å². The molecular formula is C16H17BrN2O. The molecule has 0 spiro atoms. The average molecular weight is 333 g/mol. The fourth-order valence-electron chi connectivity index (χ4n) is 1.81. The Bertz CT molecular complexity index is 596. The number of urea groups is 1. The molecule has 0 aliphatic rings. The average Bonchev–Trinajstić information content (AvgIpc) is 2.44. The van der Waals surface area contributed by atoms with Gasteiger partial charge in [0.1, 0.15) is 0 Å². The van der Waals surface area contributed by atoms with Crippen molar-refractivity contribution in [3.05, 3.63) is 64.1 Å². The smallest absolute Gasteiger partial charge is 0.321 e. The second-order valence-corrected chi connectivity index (χ2v) is 5.60. The van der Waals surface area contributed by atoms with E-state index in [9.17, 15) is 4.79 Å². The monoisotopic (exact) mass is 332 g/mol. The summed E-state index contributed by atoms with van der Waals surface area (Å²) in [4.78, 5) is 13.8. The number of carbonyl (C=O) groups excluding carboxylic acids is 1. The predicted octanol–water partition coefficient (Wildman–Crippen LogP) is 4.42. The number of aryl methyl sites for hydroxylation is 1. The van der Waals surface area contributed by atoms with E-state index < -0.39 is 0 Å². The molecule has 0 saturated heterocycles. The highest BCUT2D eigenvalue weighted by atomic mass is 79.9. The maximum Gasteiger partial charge on any atom is 0.321 e. The van der Waals surface area contributed by atoms with Gasteiger partial charge in [-0.3, -0.25) is 0 Å². The van der Waals surface area contributed by atoms with E-state index >= 15 is 0 Å². The van der Waals surface area contributed by atoms with Crippen molar-refractivity contribution in [1.82, 2.24) is 4.90 Å². The van der Waals surface area contributed by atoms with Crippen LogP contribution in [0.2, 0.25) is 0 Å². The summed E-state index contributed by atoms with van der Waals surface area (Å²) in [7, 11) is 1.78. The SMILES string of the molecule is Cc1ccc(NC(=O)N(C)Cc2ccccc2Br)cc1. The van der Waals surface area contributed by atoms with E-state index in [0.717, 1.165) is 15.7 Å². The predicted molar refractivity (Wildman–Crippen MR) is 85.8 cm³/mol. The zero-order chi connectivity index (χ0) is 14.5. The molecule has 0 radical (unpaired) electrons. The fourth-order valence-corrected chi connectivity index (χ4v) is 2.22. The van der Waals surface area contributed by atoms with Gasteiger partial charge < -0.3 is 10.2 Å². The van der Waals surface area contributed by atoms with Crippen molar-refractivity contribution in [2.24, 2.45) is 0 Å². The van der Waals surface area contributed by atoms with E-state index in [1.807, 2.05) is 55.5 Å². The van der Waals surface area contributed by atoms with Crippen LogP contribution in [0.5, 0.6) is 0 Å². The number of amides is 2. The molecule has 2 amide bonds. The molecule has 0 saturated carbocycles. The van der Waals surface area contributed by atoms with E-state index in [4.69, 9.17) is 0 Å². The maximum absolute atomic E-state index is 12.1. The van der Waals surface area contributed by atoms with Gasteiger partial charge in [-0.05, 0) is 30.7 Å². The Morgan fingerprint density at radius 1 is 1.15 bits per heavy atom. The van der Waals surface area contributed by atoms with Gasteiger partial charge in [-0.25, -0.2) is 4.79 Å². The summed E-state index contributed by atoms with van der Waals surface area (Å²) in [5.74, 6) is 0. The number of anilines is 1. The Balaban J connectivity index is 1.99. The van der Waals surface area contributed by atoms with Crippen LogP contribution in [0.15, 0.2) is 53.0 Å². The molecule has 1 N–H and O–H groups in total. The Hall–Kier alpha value is -1.81. The first-order valence-corrected chi connectivity index (χ1v) is 7.18. The second kappa shape index (κ2) is 6.57. The van der Waals surface area contributed by atoms with Crippen molar-refractivity contribution in [3.63, 3.8) is 0 Å². The minimum Gasteiger partial charge on any atom is -0.323 e. The standard InChI is InChI=1S/C16H17BrN2O/c1-12-7-9-14(10-8-12)18-16(20)19(2)11-13-5-3-4-6-15(13)17/h3-10H,11H2,1-2H3,(H,18,20). The molecule has 0 aliphatic heterocycles. The van der Waals surface area contributed by atoms with Gasteiger partial charge in [0, 0.05) is 23.8 Å². The number of rotatable bonds is 3. The quantitative estimate of drug-likeness (QED) is 0.886. The highest BCUT2D eigenvalue weighted by molar-refractivity contribution is 9.10. The summed E-state index contributed by atoms with van der Waals surface area (Å²) in [6.07, 6.45) is 0. The molecule has 2 rings (SSSR count). The number of hydrogen-bond donors (Lipinski definition) is 1. The summed E-state index contributed by atoms with van der Waals surface area (Å²) in [6.45, 7) is 2.57. The first-order valence-electron chi connectivity index (χ1n) is 6.38. The number of nitrogens with one attached hydrogen (secondary N) is 1. The van der Waals surface area contributed by atoms with Gasteiger partial charge in [-0.1, -0.05) is 51.8 Å². The van der Waals surface area contributed by atoms with E-state index in [0.29, 0.717) is 6.54 Å². The van der Waals surface area contributed by atoms with Crippen LogP contribution in [0.25, 0.3) is 0 Å². The van der Waals surface area contributed by atoms with Crippen LogP contribution in [0.1, 0.15) is 11.1 Å². The zero-order valence-corrected chi connectivity index (χ0v) is 13.1. The van der Waals surface area contributed by atoms with Crippen LogP contribution in [-0.2, 0) is 6.54 Å². The lowest BCUT2D eigenvalue weighted by atomic mass is 10.2. The molecule has 0 bridgehead atoms. The highest BCUT2D eigenvalue weighted by Crippen LogP contribution is 2.18. The number of hydrogen-bond acceptors (Lipinski definition) is 1. The summed E-state index contributed by atoms with van der Waals surface area (Å²) in [6, 6.07) is 15.5. The van der Waals surface area contributed by atoms with Crippen LogP contribution in [0.4, 0.5) is 10.5 Å². The topological polar surface area (TPSA) is 32.3 Å². The Morgan fingerprint density at radius 3 is 2.45 bits per heavy atom. The largest absolute Gasteiger partial charge is 0.323 e. The molecular weight excluding hydrogens is 316 g/mol. The molecule has 0 aliphatic carbocycles. The third kappa shape index (κ3) is 3.84. The Kier molecular flexibility index (Phi) is 4.79. The van der Waals surface area contributed by atoms with E-state index in [1.165, 1.54) is 5.56 Å². The molecule has 0 unspecified atom stereocenters. The summed E-state index contributed by atoms with van der Waals surface area (Å²) in [5.41, 5.74) is 3.05. The summed E-state index contributed by atoms with van der Waals surface area (Å²) < 4.78 is 1.01. The van der Waals surface area contributed by atoms with Gasteiger partial charge in [0.15, 0.2) is 0 Å². The van der Waals surface area contributed by atoms with E-state index in [-0.39, 0.29) is 6.03 Å². The number of carbonyl (C=O) groups is 1. The summed E-state index contributed by atoms with van der Waals surface area (Å²) in [5, 5.41) is 2.88. The molecule has 2 aromatic carbocycles. The molecule has 20 heavy (non-hydrogen) atoms. The first-order chi connectivity index (χ1) is 9.56. The Labute approximate surface area is 127 Å². The van der Waals surface area contributed by atoms with Gasteiger partial charge in [-0.15, -0.1) is 0 Å². The molecule has 0 fully saturated rings. The van der Waals surface area contributed by atoms with Crippen LogP contribution < -0.4 is 5.32 Å². The third-order valence-corrected chi connectivity index (χ3v) is 3.79. The zero-order valence-electron chi connectivity index (χ0n) is 11.6. The van der Waals surface area contributed by atoms with Gasteiger partial charge in [0.25, 0.3) is 0 Å². The number of benzene rings is 2. The van der Waals surface area contributed by atoms with Crippen molar-refractivity contribution in [3.8, 4) is 0 Å². The highest BCUT2D eigenvalue weighted by Gasteiger charge is 2.10. The first kappa shape index (κ1) is 14.6. The normalized spacial score (nSPS) is 10.2. The van der Waals surface area contributed by atoms with Crippen molar-refractivity contribution < 1.29 is 4.79 Å². The van der Waals surface area contributed by atoms with Gasteiger partial charge >= 0.3 is 6.03 Å².